The van der Waals surface area contributed by atoms with Gasteiger partial charge in [0.05, 0.1) is 5.69 Å². The third kappa shape index (κ3) is 3.97. The molecule has 0 saturated carbocycles. The van der Waals surface area contributed by atoms with Gasteiger partial charge in [-0.2, -0.15) is 4.98 Å². The molecule has 0 spiro atoms. The van der Waals surface area contributed by atoms with Crippen molar-refractivity contribution in [3.8, 4) is 11.3 Å². The lowest BCUT2D eigenvalue weighted by atomic mass is 10.1. The number of hydrogen-bond acceptors (Lipinski definition) is 5. The molecule has 1 aromatic heterocycles. The molecule has 4 rings (SSSR count). The standard InChI is InChI=1S/C22H22N4O/c1-16(27)17-9-11-19(12-10-17)23-21-15-20(18-7-3-2-4-8-18)24-22(25-21)26-13-5-6-14-26/h2-4,7-12,15H,5-6,13-14H2,1H3,(H,23,24,25). The lowest BCUT2D eigenvalue weighted by molar-refractivity contribution is 0.101. The number of carbonyl (C=O) groups excluding carboxylic acids is 1. The van der Waals surface area contributed by atoms with Crippen LogP contribution < -0.4 is 10.2 Å². The number of ketones is 1. The van der Waals surface area contributed by atoms with E-state index in [1.165, 1.54) is 12.8 Å². The minimum absolute atomic E-state index is 0.0614. The number of rotatable bonds is 5. The zero-order chi connectivity index (χ0) is 18.6. The number of benzene rings is 2. The highest BCUT2D eigenvalue weighted by Crippen LogP contribution is 2.26. The molecule has 1 fully saturated rings. The normalized spacial score (nSPS) is 13.6. The van der Waals surface area contributed by atoms with Crippen LogP contribution in [0.25, 0.3) is 11.3 Å². The lowest BCUT2D eigenvalue weighted by Crippen LogP contribution is -2.21. The first-order valence-corrected chi connectivity index (χ1v) is 9.26. The van der Waals surface area contributed by atoms with E-state index in [0.717, 1.165) is 41.8 Å². The Bertz CT molecular complexity index is 932. The van der Waals surface area contributed by atoms with Crippen molar-refractivity contribution in [3.63, 3.8) is 0 Å². The summed E-state index contributed by atoms with van der Waals surface area (Å²) in [6.45, 7) is 3.55. The number of Topliss-reactive ketones (excluding diaryl/α,β-unsaturated/α-hetero) is 1. The van der Waals surface area contributed by atoms with Crippen molar-refractivity contribution in [1.29, 1.82) is 0 Å². The molecular weight excluding hydrogens is 336 g/mol. The highest BCUT2D eigenvalue weighted by molar-refractivity contribution is 5.94. The number of anilines is 3. The molecule has 0 unspecified atom stereocenters. The van der Waals surface area contributed by atoms with Crippen molar-refractivity contribution in [2.45, 2.75) is 19.8 Å². The summed E-state index contributed by atoms with van der Waals surface area (Å²) in [5.41, 5.74) is 3.56. The fourth-order valence-electron chi connectivity index (χ4n) is 3.25. The summed E-state index contributed by atoms with van der Waals surface area (Å²) in [4.78, 5) is 23.2. The summed E-state index contributed by atoms with van der Waals surface area (Å²) >= 11 is 0. The molecule has 0 amide bonds. The van der Waals surface area contributed by atoms with Crippen LogP contribution in [-0.2, 0) is 0 Å². The molecule has 27 heavy (non-hydrogen) atoms. The predicted molar refractivity (Wildman–Crippen MR) is 109 cm³/mol. The SMILES string of the molecule is CC(=O)c1ccc(Nc2cc(-c3ccccc3)nc(N3CCCC3)n2)cc1. The van der Waals surface area contributed by atoms with Gasteiger partial charge in [0, 0.05) is 36.0 Å². The molecule has 2 aromatic carbocycles. The minimum atomic E-state index is 0.0614. The van der Waals surface area contributed by atoms with Crippen molar-refractivity contribution in [1.82, 2.24) is 9.97 Å². The zero-order valence-corrected chi connectivity index (χ0v) is 15.4. The van der Waals surface area contributed by atoms with Gasteiger partial charge in [0.2, 0.25) is 5.95 Å². The molecule has 1 aliphatic heterocycles. The average Bonchev–Trinajstić information content (AvgIpc) is 3.24. The van der Waals surface area contributed by atoms with Crippen LogP contribution in [0.2, 0.25) is 0 Å². The van der Waals surface area contributed by atoms with Crippen LogP contribution in [0.15, 0.2) is 60.7 Å². The maximum Gasteiger partial charge on any atom is 0.227 e. The van der Waals surface area contributed by atoms with Crippen molar-refractivity contribution in [2.24, 2.45) is 0 Å². The van der Waals surface area contributed by atoms with Gasteiger partial charge in [-0.1, -0.05) is 30.3 Å². The molecule has 5 heteroatoms. The third-order valence-electron chi connectivity index (χ3n) is 4.74. The Morgan fingerprint density at radius 3 is 2.33 bits per heavy atom. The van der Waals surface area contributed by atoms with Gasteiger partial charge in [-0.3, -0.25) is 4.79 Å². The van der Waals surface area contributed by atoms with Gasteiger partial charge in [0.1, 0.15) is 5.82 Å². The fraction of sp³-hybridized carbons (Fsp3) is 0.227. The summed E-state index contributed by atoms with van der Waals surface area (Å²) in [7, 11) is 0. The van der Waals surface area contributed by atoms with Gasteiger partial charge in [0.15, 0.2) is 5.78 Å². The van der Waals surface area contributed by atoms with Crippen LogP contribution in [0.5, 0.6) is 0 Å². The van der Waals surface area contributed by atoms with Crippen LogP contribution in [0.1, 0.15) is 30.1 Å². The maximum atomic E-state index is 11.5. The summed E-state index contributed by atoms with van der Waals surface area (Å²) < 4.78 is 0. The molecule has 1 saturated heterocycles. The van der Waals surface area contributed by atoms with E-state index in [0.29, 0.717) is 5.56 Å². The Labute approximate surface area is 159 Å². The summed E-state index contributed by atoms with van der Waals surface area (Å²) in [6.07, 6.45) is 2.35. The minimum Gasteiger partial charge on any atom is -0.341 e. The molecule has 0 radical (unpaired) electrons. The summed E-state index contributed by atoms with van der Waals surface area (Å²) in [5, 5.41) is 3.35. The number of nitrogens with zero attached hydrogens (tertiary/aromatic N) is 3. The highest BCUT2D eigenvalue weighted by Gasteiger charge is 2.17. The Morgan fingerprint density at radius 2 is 1.67 bits per heavy atom. The van der Waals surface area contributed by atoms with Gasteiger partial charge in [0.25, 0.3) is 0 Å². The van der Waals surface area contributed by atoms with Crippen LogP contribution in [-0.4, -0.2) is 28.8 Å². The highest BCUT2D eigenvalue weighted by atomic mass is 16.1. The molecule has 0 atom stereocenters. The van der Waals surface area contributed by atoms with Gasteiger partial charge < -0.3 is 10.2 Å². The number of hydrogen-bond donors (Lipinski definition) is 1. The number of aromatic nitrogens is 2. The van der Waals surface area contributed by atoms with E-state index in [-0.39, 0.29) is 5.78 Å². The van der Waals surface area contributed by atoms with Crippen molar-refractivity contribution in [3.05, 3.63) is 66.2 Å². The van der Waals surface area contributed by atoms with Crippen LogP contribution in [0.4, 0.5) is 17.5 Å². The molecule has 1 aliphatic rings. The van der Waals surface area contributed by atoms with E-state index in [9.17, 15) is 4.79 Å². The van der Waals surface area contributed by atoms with E-state index in [4.69, 9.17) is 9.97 Å². The van der Waals surface area contributed by atoms with Crippen LogP contribution in [0.3, 0.4) is 0 Å². The second kappa shape index (κ2) is 7.58. The molecule has 2 heterocycles. The van der Waals surface area contributed by atoms with E-state index < -0.39 is 0 Å². The van der Waals surface area contributed by atoms with Gasteiger partial charge >= 0.3 is 0 Å². The van der Waals surface area contributed by atoms with Crippen molar-refractivity contribution < 1.29 is 4.79 Å². The Morgan fingerprint density at radius 1 is 0.963 bits per heavy atom. The molecule has 0 aliphatic carbocycles. The number of nitrogens with one attached hydrogen (secondary N) is 1. The topological polar surface area (TPSA) is 58.1 Å². The van der Waals surface area contributed by atoms with Gasteiger partial charge in [-0.25, -0.2) is 4.98 Å². The van der Waals surface area contributed by atoms with Crippen LogP contribution >= 0.6 is 0 Å². The Balaban J connectivity index is 1.68. The third-order valence-corrected chi connectivity index (χ3v) is 4.74. The average molecular weight is 358 g/mol. The lowest BCUT2D eigenvalue weighted by Gasteiger charge is -2.18. The number of carbonyl (C=O) groups is 1. The van der Waals surface area contributed by atoms with Crippen molar-refractivity contribution >= 4 is 23.2 Å². The van der Waals surface area contributed by atoms with Gasteiger partial charge in [-0.15, -0.1) is 0 Å². The van der Waals surface area contributed by atoms with E-state index >= 15 is 0 Å². The Kier molecular flexibility index (Phi) is 4.83. The first kappa shape index (κ1) is 17.2. The molecule has 1 N–H and O–H groups in total. The summed E-state index contributed by atoms with van der Waals surface area (Å²) in [5.74, 6) is 1.57. The van der Waals surface area contributed by atoms with Crippen LogP contribution in [0, 0.1) is 0 Å². The molecule has 3 aromatic rings. The van der Waals surface area contributed by atoms with E-state index in [2.05, 4.69) is 22.3 Å². The molecule has 136 valence electrons. The zero-order valence-electron chi connectivity index (χ0n) is 15.4. The molecule has 0 bridgehead atoms. The smallest absolute Gasteiger partial charge is 0.227 e. The van der Waals surface area contributed by atoms with E-state index in [1.54, 1.807) is 6.92 Å². The monoisotopic (exact) mass is 358 g/mol. The molecular formula is C22H22N4O. The predicted octanol–water partition coefficient (Wildman–Crippen LogP) is 4.69. The summed E-state index contributed by atoms with van der Waals surface area (Å²) in [6, 6.07) is 19.6. The first-order chi connectivity index (χ1) is 13.2. The Hall–Kier alpha value is -3.21. The fourth-order valence-corrected chi connectivity index (χ4v) is 3.25. The maximum absolute atomic E-state index is 11.5. The second-order valence-electron chi connectivity index (χ2n) is 6.76. The van der Waals surface area contributed by atoms with Gasteiger partial charge in [-0.05, 0) is 44.0 Å². The van der Waals surface area contributed by atoms with Crippen molar-refractivity contribution in [2.75, 3.05) is 23.3 Å². The largest absolute Gasteiger partial charge is 0.341 e. The second-order valence-corrected chi connectivity index (χ2v) is 6.76. The quantitative estimate of drug-likeness (QED) is 0.671. The molecule has 5 nitrogen and oxygen atoms in total. The first-order valence-electron chi connectivity index (χ1n) is 9.26. The van der Waals surface area contributed by atoms with E-state index in [1.807, 2.05) is 48.5 Å².